The number of hydrogen-bond acceptors (Lipinski definition) is 3. The Morgan fingerprint density at radius 2 is 1.74 bits per heavy atom. The van der Waals surface area contributed by atoms with E-state index < -0.39 is 0 Å². The Morgan fingerprint density at radius 3 is 2.43 bits per heavy atom. The van der Waals surface area contributed by atoms with Crippen LogP contribution in [0.5, 0.6) is 0 Å². The summed E-state index contributed by atoms with van der Waals surface area (Å²) in [5, 5.41) is 4.29. The summed E-state index contributed by atoms with van der Waals surface area (Å²) >= 11 is 6.34. The van der Waals surface area contributed by atoms with Crippen LogP contribution in [0, 0.1) is 0 Å². The highest BCUT2D eigenvalue weighted by Gasteiger charge is 2.23. The Hall–Kier alpha value is -3.11. The normalized spacial score (nSPS) is 14.2. The van der Waals surface area contributed by atoms with Crippen molar-refractivity contribution in [2.45, 2.75) is 45.6 Å². The van der Waals surface area contributed by atoms with E-state index in [-0.39, 0.29) is 11.8 Å². The number of nitrogens with one attached hydrogen (secondary N) is 1. The lowest BCUT2D eigenvalue weighted by molar-refractivity contribution is 0.0773. The summed E-state index contributed by atoms with van der Waals surface area (Å²) in [6, 6.07) is 24.6. The molecule has 4 rings (SSSR count). The van der Waals surface area contributed by atoms with Crippen LogP contribution in [0.2, 0.25) is 5.02 Å². The minimum atomic E-state index is 0.0787. The third-order valence-corrected chi connectivity index (χ3v) is 7.06. The molecule has 1 unspecified atom stereocenters. The Balaban J connectivity index is 1.61. The second kappa shape index (κ2) is 12.0. The van der Waals surface area contributed by atoms with Gasteiger partial charge in [0.25, 0.3) is 5.91 Å². The summed E-state index contributed by atoms with van der Waals surface area (Å²) in [4.78, 5) is 19.6. The largest absolute Gasteiger partial charge is 0.381 e. The zero-order valence-corrected chi connectivity index (χ0v) is 21.4. The number of halogens is 1. The molecular formula is C30H34ClN3O. The number of carbonyl (C=O) groups excluding carboxylic acids is 1. The highest BCUT2D eigenvalue weighted by Crippen LogP contribution is 2.32. The maximum atomic E-state index is 12.8. The van der Waals surface area contributed by atoms with Gasteiger partial charge in [0, 0.05) is 54.1 Å². The zero-order valence-electron chi connectivity index (χ0n) is 20.6. The molecule has 0 saturated heterocycles. The fraction of sp³-hybridized carbons (Fsp3) is 0.333. The monoisotopic (exact) mass is 487 g/mol. The van der Waals surface area contributed by atoms with Gasteiger partial charge in [0.05, 0.1) is 0 Å². The van der Waals surface area contributed by atoms with Crippen LogP contribution in [0.3, 0.4) is 0 Å². The number of hydrogen-bond donors (Lipinski definition) is 1. The third-order valence-electron chi connectivity index (χ3n) is 6.69. The van der Waals surface area contributed by atoms with E-state index in [1.807, 2.05) is 55.1 Å². The van der Waals surface area contributed by atoms with E-state index in [0.29, 0.717) is 19.6 Å². The Morgan fingerprint density at radius 1 is 0.971 bits per heavy atom. The second-order valence-corrected chi connectivity index (χ2v) is 9.34. The number of carbonyl (C=O) groups is 1. The molecular weight excluding hydrogens is 454 g/mol. The molecule has 0 fully saturated rings. The molecule has 182 valence electrons. The average molecular weight is 488 g/mol. The number of benzene rings is 3. The van der Waals surface area contributed by atoms with Gasteiger partial charge in [-0.15, -0.1) is 0 Å². The van der Waals surface area contributed by atoms with E-state index in [0.717, 1.165) is 47.6 Å². The summed E-state index contributed by atoms with van der Waals surface area (Å²) < 4.78 is 0. The first kappa shape index (κ1) is 25.0. The molecule has 0 spiro atoms. The summed E-state index contributed by atoms with van der Waals surface area (Å²) in [6.45, 7) is 7.00. The first-order valence-electron chi connectivity index (χ1n) is 12.6. The van der Waals surface area contributed by atoms with Crippen molar-refractivity contribution in [1.29, 1.82) is 0 Å². The molecule has 5 heteroatoms. The lowest BCUT2D eigenvalue weighted by atomic mass is 9.83. The van der Waals surface area contributed by atoms with Gasteiger partial charge in [0.2, 0.25) is 0 Å². The van der Waals surface area contributed by atoms with Crippen LogP contribution in [0.25, 0.3) is 0 Å². The van der Waals surface area contributed by atoms with Crippen molar-refractivity contribution in [2.75, 3.05) is 25.0 Å². The Bertz CT molecular complexity index is 1170. The van der Waals surface area contributed by atoms with Crippen LogP contribution in [-0.4, -0.2) is 36.2 Å². The maximum Gasteiger partial charge on any atom is 0.253 e. The molecule has 1 heterocycles. The molecule has 3 aromatic rings. The second-order valence-electron chi connectivity index (χ2n) is 8.93. The van der Waals surface area contributed by atoms with Crippen molar-refractivity contribution in [3.63, 3.8) is 0 Å². The number of nitrogens with zero attached hydrogens (tertiary/aromatic N) is 2. The van der Waals surface area contributed by atoms with E-state index in [2.05, 4.69) is 41.7 Å². The number of amides is 1. The average Bonchev–Trinajstić information content (AvgIpc) is 2.90. The smallest absolute Gasteiger partial charge is 0.253 e. The van der Waals surface area contributed by atoms with Crippen LogP contribution < -0.4 is 5.32 Å². The molecule has 1 aliphatic rings. The third kappa shape index (κ3) is 6.12. The minimum Gasteiger partial charge on any atom is -0.381 e. The summed E-state index contributed by atoms with van der Waals surface area (Å²) in [5.41, 5.74) is 6.46. The summed E-state index contributed by atoms with van der Waals surface area (Å²) in [6.07, 6.45) is 3.31. The highest BCUT2D eigenvalue weighted by atomic mass is 35.5. The van der Waals surface area contributed by atoms with Crippen molar-refractivity contribution >= 4 is 28.9 Å². The Labute approximate surface area is 214 Å². The molecule has 3 aromatic carbocycles. The van der Waals surface area contributed by atoms with Gasteiger partial charge in [0.15, 0.2) is 0 Å². The van der Waals surface area contributed by atoms with Crippen LogP contribution >= 0.6 is 11.6 Å². The van der Waals surface area contributed by atoms with E-state index in [1.165, 1.54) is 16.8 Å². The van der Waals surface area contributed by atoms with E-state index in [4.69, 9.17) is 16.6 Å². The van der Waals surface area contributed by atoms with Gasteiger partial charge >= 0.3 is 0 Å². The molecule has 1 N–H and O–H groups in total. The maximum absolute atomic E-state index is 12.8. The molecule has 0 bridgehead atoms. The lowest BCUT2D eigenvalue weighted by Gasteiger charge is -2.24. The molecule has 0 aromatic heterocycles. The number of rotatable bonds is 9. The topological polar surface area (TPSA) is 44.7 Å². The highest BCUT2D eigenvalue weighted by molar-refractivity contribution is 6.31. The fourth-order valence-electron chi connectivity index (χ4n) is 4.71. The van der Waals surface area contributed by atoms with Gasteiger partial charge < -0.3 is 10.2 Å². The molecule has 1 aliphatic heterocycles. The minimum absolute atomic E-state index is 0.0787. The van der Waals surface area contributed by atoms with Crippen molar-refractivity contribution < 1.29 is 4.79 Å². The van der Waals surface area contributed by atoms with E-state index in [9.17, 15) is 4.79 Å². The SMILES string of the molecule is CCN(CC)C(=O)c1ccc(C(C2=NCCCC2)c2cccc(NCc3ccccc3Cl)c2)cc1. The lowest BCUT2D eigenvalue weighted by Crippen LogP contribution is -2.30. The van der Waals surface area contributed by atoms with Crippen LogP contribution in [0.15, 0.2) is 77.8 Å². The molecule has 35 heavy (non-hydrogen) atoms. The van der Waals surface area contributed by atoms with Gasteiger partial charge in [-0.3, -0.25) is 9.79 Å². The van der Waals surface area contributed by atoms with Gasteiger partial charge in [-0.1, -0.05) is 54.1 Å². The van der Waals surface area contributed by atoms with Gasteiger partial charge in [-0.05, 0) is 80.1 Å². The van der Waals surface area contributed by atoms with E-state index in [1.54, 1.807) is 0 Å². The van der Waals surface area contributed by atoms with Gasteiger partial charge in [0.1, 0.15) is 0 Å². The predicted octanol–water partition coefficient (Wildman–Crippen LogP) is 7.19. The quantitative estimate of drug-likeness (QED) is 0.347. The van der Waals surface area contributed by atoms with Crippen LogP contribution in [-0.2, 0) is 6.54 Å². The van der Waals surface area contributed by atoms with Gasteiger partial charge in [-0.2, -0.15) is 0 Å². The van der Waals surface area contributed by atoms with Crippen molar-refractivity contribution in [3.05, 3.63) is 100 Å². The number of aliphatic imine (C=N–C) groups is 1. The van der Waals surface area contributed by atoms with E-state index >= 15 is 0 Å². The van der Waals surface area contributed by atoms with Crippen molar-refractivity contribution in [3.8, 4) is 0 Å². The zero-order chi connectivity index (χ0) is 24.6. The molecule has 1 amide bonds. The standard InChI is InChI=1S/C30H34ClN3O/c1-3-34(4-2)30(35)23-17-15-22(16-18-23)29(28-14-7-8-19-32-28)24-11-9-12-26(20-24)33-21-25-10-5-6-13-27(25)31/h5-6,9-13,15-18,20,29,33H,3-4,7-8,14,19,21H2,1-2H3. The number of anilines is 1. The predicted molar refractivity (Wildman–Crippen MR) is 147 cm³/mol. The first-order valence-corrected chi connectivity index (χ1v) is 13.0. The van der Waals surface area contributed by atoms with Gasteiger partial charge in [-0.25, -0.2) is 0 Å². The van der Waals surface area contributed by atoms with Crippen LogP contribution in [0.4, 0.5) is 5.69 Å². The summed E-state index contributed by atoms with van der Waals surface area (Å²) in [7, 11) is 0. The molecule has 0 radical (unpaired) electrons. The molecule has 0 aliphatic carbocycles. The molecule has 4 nitrogen and oxygen atoms in total. The summed E-state index contributed by atoms with van der Waals surface area (Å²) in [5.74, 6) is 0.161. The molecule has 0 saturated carbocycles. The van der Waals surface area contributed by atoms with Crippen molar-refractivity contribution in [1.82, 2.24) is 4.90 Å². The first-order chi connectivity index (χ1) is 17.1. The van der Waals surface area contributed by atoms with Crippen molar-refractivity contribution in [2.24, 2.45) is 4.99 Å². The molecule has 1 atom stereocenters. The fourth-order valence-corrected chi connectivity index (χ4v) is 4.91. The Kier molecular flexibility index (Phi) is 8.59. The van der Waals surface area contributed by atoms with Crippen LogP contribution in [0.1, 0.15) is 66.1 Å².